The second-order valence-electron chi connectivity index (χ2n) is 5.39. The molecule has 1 aromatic carbocycles. The van der Waals surface area contributed by atoms with E-state index in [1.54, 1.807) is 12.1 Å². The van der Waals surface area contributed by atoms with Crippen LogP contribution in [0.4, 0.5) is 0 Å². The van der Waals surface area contributed by atoms with Crippen molar-refractivity contribution in [2.45, 2.75) is 32.1 Å². The monoisotopic (exact) mass is 277 g/mol. The molecule has 0 unspecified atom stereocenters. The maximum atomic E-state index is 11.7. The van der Waals surface area contributed by atoms with Gasteiger partial charge in [-0.1, -0.05) is 12.1 Å². The average molecular weight is 277 g/mol. The number of nitrogens with one attached hydrogen (secondary N) is 1. The number of phenolic OH excluding ortho intramolecular Hbond substituents is 1. The Morgan fingerprint density at radius 3 is 2.85 bits per heavy atom. The Kier molecular flexibility index (Phi) is 5.87. The summed E-state index contributed by atoms with van der Waals surface area (Å²) in [5.74, 6) is 1.04. The highest BCUT2D eigenvalue weighted by atomic mass is 16.5. The zero-order valence-corrected chi connectivity index (χ0v) is 11.8. The number of aromatic hydroxyl groups is 1. The summed E-state index contributed by atoms with van der Waals surface area (Å²) in [5, 5.41) is 12.1. The van der Waals surface area contributed by atoms with Crippen LogP contribution in [0.25, 0.3) is 0 Å². The van der Waals surface area contributed by atoms with E-state index in [0.717, 1.165) is 44.6 Å². The molecule has 4 heteroatoms. The number of benzene rings is 1. The molecular weight excluding hydrogens is 254 g/mol. The Morgan fingerprint density at radius 1 is 1.35 bits per heavy atom. The van der Waals surface area contributed by atoms with Gasteiger partial charge < -0.3 is 15.2 Å². The first kappa shape index (κ1) is 14.9. The first-order valence-corrected chi connectivity index (χ1v) is 7.36. The van der Waals surface area contributed by atoms with Gasteiger partial charge >= 0.3 is 0 Å². The van der Waals surface area contributed by atoms with Gasteiger partial charge in [0.15, 0.2) is 0 Å². The number of ether oxygens (including phenoxy) is 1. The van der Waals surface area contributed by atoms with Crippen LogP contribution < -0.4 is 5.32 Å². The third kappa shape index (κ3) is 5.21. The van der Waals surface area contributed by atoms with Crippen molar-refractivity contribution in [3.05, 3.63) is 29.8 Å². The molecule has 0 aromatic heterocycles. The molecule has 2 rings (SSSR count). The lowest BCUT2D eigenvalue weighted by atomic mass is 10.0. The van der Waals surface area contributed by atoms with Crippen molar-refractivity contribution in [1.29, 1.82) is 0 Å². The van der Waals surface area contributed by atoms with Crippen molar-refractivity contribution in [3.63, 3.8) is 0 Å². The Labute approximate surface area is 120 Å². The molecule has 0 bridgehead atoms. The minimum absolute atomic E-state index is 0.0979. The third-order valence-corrected chi connectivity index (χ3v) is 3.71. The number of carbonyl (C=O) groups is 1. The van der Waals surface area contributed by atoms with Gasteiger partial charge in [-0.3, -0.25) is 4.79 Å². The molecule has 1 atom stereocenters. The van der Waals surface area contributed by atoms with Gasteiger partial charge in [0.1, 0.15) is 5.75 Å². The molecule has 20 heavy (non-hydrogen) atoms. The second-order valence-corrected chi connectivity index (χ2v) is 5.39. The van der Waals surface area contributed by atoms with Gasteiger partial charge in [0.2, 0.25) is 5.91 Å². The highest BCUT2D eigenvalue weighted by Gasteiger charge is 2.14. The van der Waals surface area contributed by atoms with Crippen LogP contribution in [0.15, 0.2) is 24.3 Å². The van der Waals surface area contributed by atoms with E-state index in [4.69, 9.17) is 4.74 Å². The predicted octanol–water partition coefficient (Wildman–Crippen LogP) is 2.26. The van der Waals surface area contributed by atoms with E-state index in [1.165, 1.54) is 0 Å². The van der Waals surface area contributed by atoms with Crippen LogP contribution in [0.2, 0.25) is 0 Å². The van der Waals surface area contributed by atoms with Gasteiger partial charge in [-0.05, 0) is 49.3 Å². The number of aryl methyl sites for hydroxylation is 1. The topological polar surface area (TPSA) is 58.6 Å². The number of hydrogen-bond acceptors (Lipinski definition) is 3. The predicted molar refractivity (Wildman–Crippen MR) is 77.6 cm³/mol. The molecule has 1 amide bonds. The van der Waals surface area contributed by atoms with Crippen molar-refractivity contribution in [3.8, 4) is 5.75 Å². The van der Waals surface area contributed by atoms with Gasteiger partial charge in [-0.25, -0.2) is 0 Å². The molecule has 1 aromatic rings. The van der Waals surface area contributed by atoms with E-state index in [2.05, 4.69) is 5.32 Å². The number of phenols is 1. The van der Waals surface area contributed by atoms with E-state index in [9.17, 15) is 9.90 Å². The fourth-order valence-electron chi connectivity index (χ4n) is 2.44. The van der Waals surface area contributed by atoms with Gasteiger partial charge in [-0.15, -0.1) is 0 Å². The zero-order chi connectivity index (χ0) is 14.2. The van der Waals surface area contributed by atoms with E-state index < -0.39 is 0 Å². The molecule has 1 aliphatic heterocycles. The third-order valence-electron chi connectivity index (χ3n) is 3.71. The minimum Gasteiger partial charge on any atom is -0.508 e. The van der Waals surface area contributed by atoms with Crippen LogP contribution in [-0.2, 0) is 16.0 Å². The van der Waals surface area contributed by atoms with Crippen LogP contribution >= 0.6 is 0 Å². The van der Waals surface area contributed by atoms with E-state index >= 15 is 0 Å². The molecule has 1 aliphatic rings. The van der Waals surface area contributed by atoms with Crippen LogP contribution in [0, 0.1) is 5.92 Å². The van der Waals surface area contributed by atoms with Gasteiger partial charge in [0.25, 0.3) is 0 Å². The first-order chi connectivity index (χ1) is 9.74. The Bertz CT molecular complexity index is 410. The molecule has 1 saturated heterocycles. The highest BCUT2D eigenvalue weighted by Crippen LogP contribution is 2.17. The summed E-state index contributed by atoms with van der Waals surface area (Å²) in [6.45, 7) is 2.53. The van der Waals surface area contributed by atoms with E-state index in [0.29, 0.717) is 18.8 Å². The van der Waals surface area contributed by atoms with Gasteiger partial charge in [-0.2, -0.15) is 0 Å². The quantitative estimate of drug-likeness (QED) is 0.752. The van der Waals surface area contributed by atoms with Crippen molar-refractivity contribution < 1.29 is 14.6 Å². The van der Waals surface area contributed by atoms with E-state index in [1.807, 2.05) is 12.1 Å². The van der Waals surface area contributed by atoms with Gasteiger partial charge in [0.05, 0.1) is 0 Å². The van der Waals surface area contributed by atoms with Crippen molar-refractivity contribution >= 4 is 5.91 Å². The standard InChI is InChI=1S/C16H23NO3/c18-15-6-3-13(4-7-15)5-8-16(19)17-10-1-2-14-9-11-20-12-14/h3-4,6-7,14,18H,1-2,5,8-12H2,(H,17,19)/t14-/m0/s1. The second kappa shape index (κ2) is 7.90. The summed E-state index contributed by atoms with van der Waals surface area (Å²) in [7, 11) is 0. The normalized spacial score (nSPS) is 18.1. The molecule has 1 fully saturated rings. The van der Waals surface area contributed by atoms with Crippen LogP contribution in [0.1, 0.15) is 31.2 Å². The molecule has 0 aliphatic carbocycles. The maximum Gasteiger partial charge on any atom is 0.220 e. The minimum atomic E-state index is 0.0979. The van der Waals surface area contributed by atoms with Crippen LogP contribution in [0.5, 0.6) is 5.75 Å². The summed E-state index contributed by atoms with van der Waals surface area (Å²) < 4.78 is 5.33. The van der Waals surface area contributed by atoms with Crippen molar-refractivity contribution in [2.24, 2.45) is 5.92 Å². The lowest BCUT2D eigenvalue weighted by Gasteiger charge is -2.08. The highest BCUT2D eigenvalue weighted by molar-refractivity contribution is 5.76. The molecule has 0 spiro atoms. The number of carbonyl (C=O) groups excluding carboxylic acids is 1. The summed E-state index contributed by atoms with van der Waals surface area (Å²) >= 11 is 0. The van der Waals surface area contributed by atoms with Crippen molar-refractivity contribution in [2.75, 3.05) is 19.8 Å². The lowest BCUT2D eigenvalue weighted by Crippen LogP contribution is -2.25. The van der Waals surface area contributed by atoms with E-state index in [-0.39, 0.29) is 11.7 Å². The fourth-order valence-corrected chi connectivity index (χ4v) is 2.44. The number of amides is 1. The Hall–Kier alpha value is -1.55. The summed E-state index contributed by atoms with van der Waals surface area (Å²) in [6.07, 6.45) is 4.53. The smallest absolute Gasteiger partial charge is 0.220 e. The largest absolute Gasteiger partial charge is 0.508 e. The molecule has 1 heterocycles. The molecule has 0 saturated carbocycles. The molecular formula is C16H23NO3. The SMILES string of the molecule is O=C(CCc1ccc(O)cc1)NCCC[C@H]1CCOC1. The maximum absolute atomic E-state index is 11.7. The summed E-state index contributed by atoms with van der Waals surface area (Å²) in [5.41, 5.74) is 1.07. The summed E-state index contributed by atoms with van der Waals surface area (Å²) in [4.78, 5) is 11.7. The Morgan fingerprint density at radius 2 is 2.15 bits per heavy atom. The van der Waals surface area contributed by atoms with Gasteiger partial charge in [0, 0.05) is 26.2 Å². The van der Waals surface area contributed by atoms with Crippen LogP contribution in [-0.4, -0.2) is 30.8 Å². The van der Waals surface area contributed by atoms with Crippen molar-refractivity contribution in [1.82, 2.24) is 5.32 Å². The molecule has 0 radical (unpaired) electrons. The molecule has 2 N–H and O–H groups in total. The fraction of sp³-hybridized carbons (Fsp3) is 0.562. The number of hydrogen-bond donors (Lipinski definition) is 2. The summed E-state index contributed by atoms with van der Waals surface area (Å²) in [6, 6.07) is 7.00. The first-order valence-electron chi connectivity index (χ1n) is 7.36. The van der Waals surface area contributed by atoms with Crippen LogP contribution in [0.3, 0.4) is 0 Å². The lowest BCUT2D eigenvalue weighted by molar-refractivity contribution is -0.121. The molecule has 110 valence electrons. The number of rotatable bonds is 7. The zero-order valence-electron chi connectivity index (χ0n) is 11.8. The average Bonchev–Trinajstić information content (AvgIpc) is 2.96. The Balaban J connectivity index is 1.54. The molecule has 4 nitrogen and oxygen atoms in total.